The molecule has 0 amide bonds. The van der Waals surface area contributed by atoms with E-state index in [-0.39, 0.29) is 0 Å². The summed E-state index contributed by atoms with van der Waals surface area (Å²) in [4.78, 5) is 17.7. The van der Waals surface area contributed by atoms with Gasteiger partial charge in [0.25, 0.3) is 5.78 Å². The maximum atomic E-state index is 10.8. The zero-order valence-electron chi connectivity index (χ0n) is 6.66. The normalized spacial score (nSPS) is 14.2. The maximum Gasteiger partial charge on any atom is 0.392 e. The molecule has 0 fully saturated rings. The van der Waals surface area contributed by atoms with Crippen LogP contribution in [0.1, 0.15) is 12.7 Å². The van der Waals surface area contributed by atoms with Gasteiger partial charge in [-0.05, 0) is 0 Å². The summed E-state index contributed by atoms with van der Waals surface area (Å²) < 4.78 is 12.3. The zero-order valence-corrected chi connectivity index (χ0v) is 7.56. The predicted molar refractivity (Wildman–Crippen MR) is 43.4 cm³/mol. The van der Waals surface area contributed by atoms with E-state index < -0.39 is 13.4 Å². The minimum atomic E-state index is -4.02. The van der Waals surface area contributed by atoms with Crippen molar-refractivity contribution in [3.63, 3.8) is 0 Å². The zero-order chi connectivity index (χ0) is 9.19. The summed E-state index contributed by atoms with van der Waals surface area (Å²) in [6, 6.07) is 5.25. The maximum absolute atomic E-state index is 10.8. The molecule has 0 aliphatic carbocycles. The summed E-state index contributed by atoms with van der Waals surface area (Å²) in [6.07, 6.45) is 3.26. The standard InChI is InChI=1S/C7H10NO3P/c1-7(12(9,10)11)8-5-3-2-4-6-8/h2-7H,1H3,(H-,9,10,11)/p+1. The van der Waals surface area contributed by atoms with Crippen molar-refractivity contribution in [1.82, 2.24) is 0 Å². The van der Waals surface area contributed by atoms with Crippen LogP contribution in [0.2, 0.25) is 0 Å². The molecule has 0 saturated heterocycles. The third-order valence-corrected chi connectivity index (χ3v) is 2.90. The minimum Gasteiger partial charge on any atom is -0.320 e. The van der Waals surface area contributed by atoms with Gasteiger partial charge in [-0.1, -0.05) is 6.07 Å². The van der Waals surface area contributed by atoms with Crippen LogP contribution in [0.4, 0.5) is 0 Å². The Labute approximate surface area is 70.6 Å². The fourth-order valence-electron chi connectivity index (χ4n) is 0.835. The Hall–Kier alpha value is -0.700. The van der Waals surface area contributed by atoms with Gasteiger partial charge in [-0.2, -0.15) is 4.57 Å². The molecular formula is C7H11NO3P+. The van der Waals surface area contributed by atoms with Crippen LogP contribution in [0.3, 0.4) is 0 Å². The Kier molecular flexibility index (Phi) is 2.62. The Bertz CT molecular complexity index is 295. The van der Waals surface area contributed by atoms with E-state index in [0.29, 0.717) is 0 Å². The molecule has 0 radical (unpaired) electrons. The molecule has 12 heavy (non-hydrogen) atoms. The van der Waals surface area contributed by atoms with Crippen molar-refractivity contribution in [2.24, 2.45) is 0 Å². The van der Waals surface area contributed by atoms with Gasteiger partial charge in [0.05, 0.1) is 0 Å². The molecule has 0 bridgehead atoms. The van der Waals surface area contributed by atoms with Crippen LogP contribution in [0.25, 0.3) is 0 Å². The molecule has 1 aromatic rings. The number of rotatable bonds is 2. The lowest BCUT2D eigenvalue weighted by molar-refractivity contribution is -0.701. The van der Waals surface area contributed by atoms with Gasteiger partial charge in [0.2, 0.25) is 0 Å². The third-order valence-electron chi connectivity index (χ3n) is 1.66. The van der Waals surface area contributed by atoms with Crippen molar-refractivity contribution < 1.29 is 18.9 Å². The highest BCUT2D eigenvalue weighted by molar-refractivity contribution is 7.51. The lowest BCUT2D eigenvalue weighted by atomic mass is 10.5. The van der Waals surface area contributed by atoms with Crippen molar-refractivity contribution >= 4 is 7.60 Å². The molecule has 0 spiro atoms. The van der Waals surface area contributed by atoms with Crippen molar-refractivity contribution in [3.8, 4) is 0 Å². The number of pyridine rings is 1. The molecule has 0 aliphatic heterocycles. The average Bonchev–Trinajstić information content (AvgIpc) is 2.03. The number of aromatic nitrogens is 1. The second-order valence-corrected chi connectivity index (χ2v) is 4.47. The Balaban J connectivity index is 2.94. The quantitative estimate of drug-likeness (QED) is 0.529. The lowest BCUT2D eigenvalue weighted by Crippen LogP contribution is -2.36. The Morgan fingerprint density at radius 1 is 1.25 bits per heavy atom. The molecule has 5 heteroatoms. The molecule has 1 heterocycles. The molecule has 0 aliphatic rings. The van der Waals surface area contributed by atoms with Crippen molar-refractivity contribution in [2.75, 3.05) is 0 Å². The molecule has 66 valence electrons. The second-order valence-electron chi connectivity index (χ2n) is 2.54. The van der Waals surface area contributed by atoms with Gasteiger partial charge < -0.3 is 9.79 Å². The van der Waals surface area contributed by atoms with Crippen molar-refractivity contribution in [1.29, 1.82) is 0 Å². The number of nitrogens with zero attached hydrogens (tertiary/aromatic N) is 1. The van der Waals surface area contributed by atoms with Crippen LogP contribution in [0, 0.1) is 0 Å². The van der Waals surface area contributed by atoms with E-state index >= 15 is 0 Å². The largest absolute Gasteiger partial charge is 0.392 e. The average molecular weight is 188 g/mol. The SMILES string of the molecule is CC([n+]1ccccc1)P(=O)(O)O. The van der Waals surface area contributed by atoms with Crippen LogP contribution in [0.15, 0.2) is 30.6 Å². The predicted octanol–water partition coefficient (Wildman–Crippen LogP) is 0.670. The summed E-state index contributed by atoms with van der Waals surface area (Å²) in [5.41, 5.74) is 0. The Morgan fingerprint density at radius 2 is 1.75 bits per heavy atom. The molecular weight excluding hydrogens is 177 g/mol. The fourth-order valence-corrected chi connectivity index (χ4v) is 1.34. The van der Waals surface area contributed by atoms with Crippen molar-refractivity contribution in [2.45, 2.75) is 12.7 Å². The van der Waals surface area contributed by atoms with Crippen LogP contribution in [-0.4, -0.2) is 9.79 Å². The van der Waals surface area contributed by atoms with Gasteiger partial charge in [0, 0.05) is 19.1 Å². The van der Waals surface area contributed by atoms with E-state index in [4.69, 9.17) is 9.79 Å². The monoisotopic (exact) mass is 188 g/mol. The summed E-state index contributed by atoms with van der Waals surface area (Å²) in [7, 11) is -4.02. The van der Waals surface area contributed by atoms with E-state index in [1.165, 1.54) is 11.5 Å². The van der Waals surface area contributed by atoms with Crippen LogP contribution >= 0.6 is 7.60 Å². The van der Waals surface area contributed by atoms with E-state index in [1.54, 1.807) is 30.6 Å². The molecule has 1 rings (SSSR count). The molecule has 1 atom stereocenters. The van der Waals surface area contributed by atoms with E-state index in [9.17, 15) is 4.57 Å². The topological polar surface area (TPSA) is 61.4 Å². The molecule has 1 unspecified atom stereocenters. The highest BCUT2D eigenvalue weighted by Crippen LogP contribution is 2.44. The highest BCUT2D eigenvalue weighted by Gasteiger charge is 2.31. The minimum absolute atomic E-state index is 0.793. The lowest BCUT2D eigenvalue weighted by Gasteiger charge is -2.07. The van der Waals surface area contributed by atoms with Crippen molar-refractivity contribution in [3.05, 3.63) is 30.6 Å². The highest BCUT2D eigenvalue weighted by atomic mass is 31.2. The summed E-state index contributed by atoms with van der Waals surface area (Å²) >= 11 is 0. The van der Waals surface area contributed by atoms with Gasteiger partial charge >= 0.3 is 7.60 Å². The first kappa shape index (κ1) is 9.39. The van der Waals surface area contributed by atoms with Crippen LogP contribution in [0.5, 0.6) is 0 Å². The second kappa shape index (κ2) is 3.35. The van der Waals surface area contributed by atoms with Gasteiger partial charge in [0.1, 0.15) is 0 Å². The number of hydrogen-bond donors (Lipinski definition) is 2. The fraction of sp³-hybridized carbons (Fsp3) is 0.286. The van der Waals surface area contributed by atoms with E-state index in [1.807, 2.05) is 0 Å². The van der Waals surface area contributed by atoms with Gasteiger partial charge in [0.15, 0.2) is 12.4 Å². The van der Waals surface area contributed by atoms with Crippen LogP contribution in [-0.2, 0) is 4.57 Å². The van der Waals surface area contributed by atoms with Gasteiger partial charge in [-0.15, -0.1) is 0 Å². The van der Waals surface area contributed by atoms with Gasteiger partial charge in [-0.3, -0.25) is 4.57 Å². The molecule has 0 aromatic carbocycles. The molecule has 4 nitrogen and oxygen atoms in total. The molecule has 0 saturated carbocycles. The first-order valence-corrected chi connectivity index (χ1v) is 5.21. The summed E-state index contributed by atoms with van der Waals surface area (Å²) in [6.45, 7) is 1.49. The molecule has 1 aromatic heterocycles. The Morgan fingerprint density at radius 3 is 2.17 bits per heavy atom. The smallest absolute Gasteiger partial charge is 0.320 e. The van der Waals surface area contributed by atoms with E-state index in [0.717, 1.165) is 0 Å². The van der Waals surface area contributed by atoms with E-state index in [2.05, 4.69) is 0 Å². The summed E-state index contributed by atoms with van der Waals surface area (Å²) in [5.74, 6) is -0.793. The summed E-state index contributed by atoms with van der Waals surface area (Å²) in [5, 5.41) is 0. The third kappa shape index (κ3) is 2.14. The number of hydrogen-bond acceptors (Lipinski definition) is 1. The molecule has 2 N–H and O–H groups in total. The van der Waals surface area contributed by atoms with Gasteiger partial charge in [-0.25, -0.2) is 0 Å². The first-order chi connectivity index (χ1) is 5.52. The van der Waals surface area contributed by atoms with Crippen LogP contribution < -0.4 is 4.57 Å². The first-order valence-electron chi connectivity index (χ1n) is 3.53.